The van der Waals surface area contributed by atoms with Gasteiger partial charge in [-0.25, -0.2) is 0 Å². The maximum Gasteiger partial charge on any atom is 0.0905 e. The highest BCUT2D eigenvalue weighted by Gasteiger charge is 2.27. The molecule has 1 aliphatic rings. The topological polar surface area (TPSA) is 53.1 Å². The highest BCUT2D eigenvalue weighted by Crippen LogP contribution is 2.26. The molecule has 76 valence electrons. The largest absolute Gasteiger partial charge is 0.388 e. The molecule has 0 aromatic carbocycles. The summed E-state index contributed by atoms with van der Waals surface area (Å²) in [5.74, 6) is 0.326. The molecule has 0 spiro atoms. The second kappa shape index (κ2) is 5.22. The number of amidine groups is 1. The lowest BCUT2D eigenvalue weighted by molar-refractivity contribution is 0.262. The fraction of sp³-hybridized carbons (Fsp3) is 0.900. The van der Waals surface area contributed by atoms with Crippen molar-refractivity contribution in [1.82, 2.24) is 4.90 Å². The van der Waals surface area contributed by atoms with E-state index in [0.29, 0.717) is 5.84 Å². The molecule has 3 nitrogen and oxygen atoms in total. The van der Waals surface area contributed by atoms with Crippen molar-refractivity contribution in [3.05, 3.63) is 0 Å². The van der Waals surface area contributed by atoms with E-state index in [0.717, 1.165) is 25.4 Å². The molecule has 0 amide bonds. The molecule has 0 atom stereocenters. The highest BCUT2D eigenvalue weighted by molar-refractivity contribution is 5.76. The molecule has 0 aromatic heterocycles. The zero-order chi connectivity index (χ0) is 9.68. The molecule has 0 saturated heterocycles. The minimum absolute atomic E-state index is 0.326. The van der Waals surface area contributed by atoms with Crippen LogP contribution >= 0.6 is 0 Å². The molecule has 0 bridgehead atoms. The molecule has 1 aliphatic carbocycles. The Hall–Kier alpha value is -0.570. The second-order valence-electron chi connectivity index (χ2n) is 3.90. The fourth-order valence-electron chi connectivity index (χ4n) is 1.68. The van der Waals surface area contributed by atoms with Gasteiger partial charge in [0.1, 0.15) is 0 Å². The molecule has 3 heteroatoms. The Balaban J connectivity index is 2.10. The van der Waals surface area contributed by atoms with Gasteiger partial charge in [0, 0.05) is 12.5 Å². The third-order valence-electron chi connectivity index (χ3n) is 2.47. The Morgan fingerprint density at radius 3 is 2.62 bits per heavy atom. The average molecular weight is 183 g/mol. The Bertz CT molecular complexity index is 164. The van der Waals surface area contributed by atoms with E-state index in [2.05, 4.69) is 11.8 Å². The van der Waals surface area contributed by atoms with Gasteiger partial charge in [0.25, 0.3) is 0 Å². The van der Waals surface area contributed by atoms with E-state index in [9.17, 15) is 0 Å². The van der Waals surface area contributed by atoms with E-state index in [1.807, 2.05) is 0 Å². The Kier molecular flexibility index (Phi) is 4.22. The number of hydrogen-bond donors (Lipinski definition) is 2. The predicted molar refractivity (Wildman–Crippen MR) is 56.0 cm³/mol. The minimum Gasteiger partial charge on any atom is -0.388 e. The highest BCUT2D eigenvalue weighted by atomic mass is 15.2. The van der Waals surface area contributed by atoms with Crippen LogP contribution in [0.4, 0.5) is 0 Å². The normalized spacial score (nSPS) is 16.5. The van der Waals surface area contributed by atoms with E-state index in [-0.39, 0.29) is 0 Å². The zero-order valence-corrected chi connectivity index (χ0v) is 8.55. The van der Waals surface area contributed by atoms with Crippen LogP contribution in [0.25, 0.3) is 0 Å². The van der Waals surface area contributed by atoms with Gasteiger partial charge >= 0.3 is 0 Å². The SMILES string of the molecule is CCCN(CCCC(=N)N)C1CC1. The number of nitrogens with one attached hydrogen (secondary N) is 1. The van der Waals surface area contributed by atoms with Crippen molar-refractivity contribution in [1.29, 1.82) is 5.41 Å². The van der Waals surface area contributed by atoms with Crippen molar-refractivity contribution in [3.8, 4) is 0 Å². The third kappa shape index (κ3) is 4.27. The number of hydrogen-bond acceptors (Lipinski definition) is 2. The molecule has 3 N–H and O–H groups in total. The molecule has 1 rings (SSSR count). The first-order valence-corrected chi connectivity index (χ1v) is 5.31. The van der Waals surface area contributed by atoms with E-state index < -0.39 is 0 Å². The predicted octanol–water partition coefficient (Wildman–Crippen LogP) is 1.58. The molecule has 1 fully saturated rings. The third-order valence-corrected chi connectivity index (χ3v) is 2.47. The molecule has 13 heavy (non-hydrogen) atoms. The molecular weight excluding hydrogens is 162 g/mol. The Labute approximate surface area is 80.8 Å². The Morgan fingerprint density at radius 2 is 2.15 bits per heavy atom. The average Bonchev–Trinajstić information content (AvgIpc) is 2.84. The molecule has 0 aromatic rings. The Morgan fingerprint density at radius 1 is 1.46 bits per heavy atom. The van der Waals surface area contributed by atoms with E-state index in [1.165, 1.54) is 25.8 Å². The molecule has 0 radical (unpaired) electrons. The first-order chi connectivity index (χ1) is 6.24. The number of rotatable bonds is 7. The first kappa shape index (κ1) is 10.5. The lowest BCUT2D eigenvalue weighted by atomic mass is 10.2. The van der Waals surface area contributed by atoms with Crippen LogP contribution in [0.3, 0.4) is 0 Å². The van der Waals surface area contributed by atoms with E-state index >= 15 is 0 Å². The van der Waals surface area contributed by atoms with Crippen molar-refractivity contribution in [3.63, 3.8) is 0 Å². The quantitative estimate of drug-likeness (QED) is 0.465. The summed E-state index contributed by atoms with van der Waals surface area (Å²) in [5, 5.41) is 7.12. The van der Waals surface area contributed by atoms with Gasteiger partial charge in [-0.05, 0) is 38.8 Å². The monoisotopic (exact) mass is 183 g/mol. The fourth-order valence-corrected chi connectivity index (χ4v) is 1.68. The van der Waals surface area contributed by atoms with E-state index in [4.69, 9.17) is 11.1 Å². The maximum absolute atomic E-state index is 7.12. The molecule has 0 heterocycles. The van der Waals surface area contributed by atoms with Gasteiger partial charge in [0.15, 0.2) is 0 Å². The van der Waals surface area contributed by atoms with Crippen LogP contribution in [0, 0.1) is 5.41 Å². The molecule has 0 aliphatic heterocycles. The van der Waals surface area contributed by atoms with Crippen molar-refractivity contribution < 1.29 is 0 Å². The summed E-state index contributed by atoms with van der Waals surface area (Å²) in [6.45, 7) is 4.56. The van der Waals surface area contributed by atoms with Crippen LogP contribution < -0.4 is 5.73 Å². The summed E-state index contributed by atoms with van der Waals surface area (Å²) < 4.78 is 0. The van der Waals surface area contributed by atoms with Crippen LogP contribution in [0.5, 0.6) is 0 Å². The smallest absolute Gasteiger partial charge is 0.0905 e. The van der Waals surface area contributed by atoms with Gasteiger partial charge in [-0.15, -0.1) is 0 Å². The van der Waals surface area contributed by atoms with Gasteiger partial charge in [-0.2, -0.15) is 0 Å². The standard InChI is InChI=1S/C10H21N3/c1-2-7-13(9-5-6-9)8-3-4-10(11)12/h9H,2-8H2,1H3,(H3,11,12). The van der Waals surface area contributed by atoms with Crippen LogP contribution in [0.1, 0.15) is 39.0 Å². The summed E-state index contributed by atoms with van der Waals surface area (Å²) in [5.41, 5.74) is 5.31. The van der Waals surface area contributed by atoms with Crippen LogP contribution in [0.2, 0.25) is 0 Å². The van der Waals surface area contributed by atoms with Gasteiger partial charge in [0.2, 0.25) is 0 Å². The van der Waals surface area contributed by atoms with Gasteiger partial charge in [-0.3, -0.25) is 5.41 Å². The van der Waals surface area contributed by atoms with Gasteiger partial charge in [-0.1, -0.05) is 6.92 Å². The van der Waals surface area contributed by atoms with Gasteiger partial charge < -0.3 is 10.6 Å². The summed E-state index contributed by atoms with van der Waals surface area (Å²) in [4.78, 5) is 2.54. The van der Waals surface area contributed by atoms with Crippen LogP contribution in [0.15, 0.2) is 0 Å². The lowest BCUT2D eigenvalue weighted by Gasteiger charge is -2.20. The second-order valence-corrected chi connectivity index (χ2v) is 3.90. The lowest BCUT2D eigenvalue weighted by Crippen LogP contribution is -2.28. The van der Waals surface area contributed by atoms with Crippen molar-refractivity contribution in [2.24, 2.45) is 5.73 Å². The molecule has 0 unspecified atom stereocenters. The minimum atomic E-state index is 0.326. The molecule has 1 saturated carbocycles. The summed E-state index contributed by atoms with van der Waals surface area (Å²) in [7, 11) is 0. The van der Waals surface area contributed by atoms with Crippen molar-refractivity contribution in [2.45, 2.75) is 45.1 Å². The number of nitrogens with two attached hydrogens (primary N) is 1. The number of nitrogens with zero attached hydrogens (tertiary/aromatic N) is 1. The van der Waals surface area contributed by atoms with Crippen molar-refractivity contribution >= 4 is 5.84 Å². The molecular formula is C10H21N3. The summed E-state index contributed by atoms with van der Waals surface area (Å²) in [6, 6.07) is 0.854. The van der Waals surface area contributed by atoms with Crippen LogP contribution in [-0.4, -0.2) is 29.9 Å². The first-order valence-electron chi connectivity index (χ1n) is 5.31. The summed E-state index contributed by atoms with van der Waals surface area (Å²) >= 11 is 0. The van der Waals surface area contributed by atoms with Gasteiger partial charge in [0.05, 0.1) is 5.84 Å². The van der Waals surface area contributed by atoms with Crippen LogP contribution in [-0.2, 0) is 0 Å². The maximum atomic E-state index is 7.12. The van der Waals surface area contributed by atoms with E-state index in [1.54, 1.807) is 0 Å². The van der Waals surface area contributed by atoms with Crippen molar-refractivity contribution in [2.75, 3.05) is 13.1 Å². The zero-order valence-electron chi connectivity index (χ0n) is 8.55. The summed E-state index contributed by atoms with van der Waals surface area (Å²) in [6.07, 6.45) is 5.79.